The lowest BCUT2D eigenvalue weighted by Gasteiger charge is -1.74. The summed E-state index contributed by atoms with van der Waals surface area (Å²) in [7, 11) is 0. The van der Waals surface area contributed by atoms with Crippen molar-refractivity contribution in [2.45, 2.75) is 0 Å². The van der Waals surface area contributed by atoms with E-state index in [-0.39, 0.29) is 5.22 Å². The van der Waals surface area contributed by atoms with Gasteiger partial charge in [0.25, 0.3) is 0 Å². The Kier molecular flexibility index (Phi) is 1.30. The summed E-state index contributed by atoms with van der Waals surface area (Å²) in [4.78, 5) is 43.6. The Morgan fingerprint density at radius 3 is 2.31 bits per heavy atom. The summed E-state index contributed by atoms with van der Waals surface area (Å²) in [6, 6.07) is 2.06. The van der Waals surface area contributed by atoms with Gasteiger partial charge >= 0.3 is 11.3 Å². The molecule has 5 heteroatoms. The van der Waals surface area contributed by atoms with Crippen LogP contribution < -0.4 is 22.1 Å². The molecule has 0 fully saturated rings. The molecular formula is C8H2O5. The monoisotopic (exact) mass is 178 g/mol. The van der Waals surface area contributed by atoms with E-state index in [0.29, 0.717) is 0 Å². The molecular weight excluding hydrogens is 176 g/mol. The molecule has 1 heterocycles. The molecule has 0 spiro atoms. The Bertz CT molecular complexity index is 714. The van der Waals surface area contributed by atoms with Crippen molar-refractivity contribution in [1.29, 1.82) is 0 Å². The third-order valence-corrected chi connectivity index (χ3v) is 1.73. The summed E-state index contributed by atoms with van der Waals surface area (Å²) in [5.41, 5.74) is -3.71. The highest BCUT2D eigenvalue weighted by molar-refractivity contribution is 5.11. The van der Waals surface area contributed by atoms with Crippen molar-refractivity contribution < 1.29 is 4.42 Å². The normalized spacial score (nSPS) is 10.8. The van der Waals surface area contributed by atoms with Crippen molar-refractivity contribution in [3.63, 3.8) is 0 Å². The fourth-order valence-corrected chi connectivity index (χ4v) is 1.13. The van der Waals surface area contributed by atoms with E-state index in [9.17, 15) is 19.2 Å². The Morgan fingerprint density at radius 1 is 0.923 bits per heavy atom. The van der Waals surface area contributed by atoms with E-state index in [2.05, 4.69) is 4.42 Å². The van der Waals surface area contributed by atoms with Crippen LogP contribution in [0.3, 0.4) is 0 Å². The zero-order chi connectivity index (χ0) is 9.59. The van der Waals surface area contributed by atoms with Gasteiger partial charge in [-0.3, -0.25) is 9.59 Å². The summed E-state index contributed by atoms with van der Waals surface area (Å²) in [6.07, 6.45) is 0. The minimum atomic E-state index is -1.04. The van der Waals surface area contributed by atoms with Crippen molar-refractivity contribution in [3.8, 4) is 0 Å². The highest BCUT2D eigenvalue weighted by Crippen LogP contribution is 1.79. The van der Waals surface area contributed by atoms with Gasteiger partial charge in [-0.1, -0.05) is 0 Å². The quantitative estimate of drug-likeness (QED) is 0.450. The van der Waals surface area contributed by atoms with E-state index < -0.39 is 27.3 Å². The van der Waals surface area contributed by atoms with Gasteiger partial charge in [0.2, 0.25) is 10.9 Å². The van der Waals surface area contributed by atoms with Gasteiger partial charge in [-0.2, -0.15) is 0 Å². The van der Waals surface area contributed by atoms with Crippen molar-refractivity contribution in [2.24, 2.45) is 0 Å². The standard InChI is InChI=1S/C8H2O5/c9-4-2-1-3-5(6(4)10)8(12)13-7(3)11/h1-2H. The lowest BCUT2D eigenvalue weighted by molar-refractivity contribution is 0.488. The van der Waals surface area contributed by atoms with E-state index in [1.165, 1.54) is 0 Å². The Hall–Kier alpha value is -2.04. The maximum absolute atomic E-state index is 11.1. The predicted molar refractivity (Wildman–Crippen MR) is 41.5 cm³/mol. The summed E-state index contributed by atoms with van der Waals surface area (Å²) in [5, 5.41) is -0.577. The van der Waals surface area contributed by atoms with Crippen LogP contribution in [-0.4, -0.2) is 0 Å². The van der Waals surface area contributed by atoms with Crippen LogP contribution in [0.1, 0.15) is 0 Å². The first-order valence-corrected chi connectivity index (χ1v) is 3.39. The zero-order valence-corrected chi connectivity index (χ0v) is 6.20. The molecule has 64 valence electrons. The second kappa shape index (κ2) is 2.22. The lowest BCUT2D eigenvalue weighted by Crippen LogP contribution is -2.26. The maximum atomic E-state index is 11.1. The van der Waals surface area contributed by atoms with Gasteiger partial charge in [0.15, 0.2) is 0 Å². The fourth-order valence-electron chi connectivity index (χ4n) is 1.13. The molecule has 5 nitrogen and oxygen atoms in total. The van der Waals surface area contributed by atoms with Crippen LogP contribution in [0.4, 0.5) is 0 Å². The first-order valence-electron chi connectivity index (χ1n) is 3.39. The highest BCUT2D eigenvalue weighted by Gasteiger charge is 2.08. The first kappa shape index (κ1) is 7.60. The van der Waals surface area contributed by atoms with Crippen molar-refractivity contribution in [3.05, 3.63) is 63.9 Å². The molecule has 0 bridgehead atoms. The van der Waals surface area contributed by atoms with Crippen LogP contribution in [0.2, 0.25) is 0 Å². The van der Waals surface area contributed by atoms with Gasteiger partial charge in [0.05, 0.1) is 5.22 Å². The summed E-state index contributed by atoms with van der Waals surface area (Å²) >= 11 is 0. The van der Waals surface area contributed by atoms with Crippen LogP contribution in [0.15, 0.2) is 35.7 Å². The zero-order valence-electron chi connectivity index (χ0n) is 6.20. The molecule has 1 aliphatic carbocycles. The number of rotatable bonds is 0. The minimum Gasteiger partial charge on any atom is -0.386 e. The highest BCUT2D eigenvalue weighted by atomic mass is 16.4. The van der Waals surface area contributed by atoms with Gasteiger partial charge < -0.3 is 4.42 Å². The van der Waals surface area contributed by atoms with Crippen LogP contribution in [0, 0.1) is 10.4 Å². The molecule has 0 saturated carbocycles. The van der Waals surface area contributed by atoms with Gasteiger partial charge in [0.1, 0.15) is 5.22 Å². The average Bonchev–Trinajstić information content (AvgIpc) is 2.35. The molecule has 2 aliphatic rings. The smallest absolute Gasteiger partial charge is 0.351 e. The lowest BCUT2D eigenvalue weighted by atomic mass is 10.2. The van der Waals surface area contributed by atoms with Crippen molar-refractivity contribution >= 4 is 0 Å². The average molecular weight is 178 g/mol. The van der Waals surface area contributed by atoms with Gasteiger partial charge in [-0.25, -0.2) is 9.59 Å². The number of hydrogen-bond acceptors (Lipinski definition) is 5. The van der Waals surface area contributed by atoms with E-state index in [1.807, 2.05) is 0 Å². The molecule has 0 aromatic carbocycles. The summed E-state index contributed by atoms with van der Waals surface area (Å²) < 4.78 is 4.15. The van der Waals surface area contributed by atoms with Crippen molar-refractivity contribution in [2.75, 3.05) is 0 Å². The summed E-state index contributed by atoms with van der Waals surface area (Å²) in [6.45, 7) is 0. The largest absolute Gasteiger partial charge is 0.386 e. The van der Waals surface area contributed by atoms with Gasteiger partial charge in [-0.05, 0) is 12.1 Å². The topological polar surface area (TPSA) is 81.4 Å². The fraction of sp³-hybridized carbons (Fsp3) is 0. The Morgan fingerprint density at radius 2 is 1.62 bits per heavy atom. The molecule has 0 aromatic heterocycles. The van der Waals surface area contributed by atoms with Crippen LogP contribution in [0.5, 0.6) is 0 Å². The molecule has 2 rings (SSSR count). The van der Waals surface area contributed by atoms with Crippen LogP contribution in [0.25, 0.3) is 0 Å². The van der Waals surface area contributed by atoms with E-state index >= 15 is 0 Å². The first-order chi connectivity index (χ1) is 6.11. The third kappa shape index (κ3) is 0.868. The summed E-state index contributed by atoms with van der Waals surface area (Å²) in [5.74, 6) is 0. The maximum Gasteiger partial charge on any atom is 0.351 e. The molecule has 13 heavy (non-hydrogen) atoms. The molecule has 0 saturated heterocycles. The van der Waals surface area contributed by atoms with Crippen LogP contribution in [-0.2, 0) is 0 Å². The second-order valence-corrected chi connectivity index (χ2v) is 2.49. The van der Waals surface area contributed by atoms with Gasteiger partial charge in [0, 0.05) is 0 Å². The SMILES string of the molecule is O=c1ccc2c(=O)oc(=O)c=2c1=O. The van der Waals surface area contributed by atoms with Crippen LogP contribution >= 0.6 is 0 Å². The second-order valence-electron chi connectivity index (χ2n) is 2.49. The molecule has 1 aliphatic heterocycles. The Labute approximate surface area is 69.2 Å². The third-order valence-electron chi connectivity index (χ3n) is 1.73. The molecule has 0 amide bonds. The van der Waals surface area contributed by atoms with Crippen molar-refractivity contribution in [1.82, 2.24) is 0 Å². The number of hydrogen-bond donors (Lipinski definition) is 0. The molecule has 0 N–H and O–H groups in total. The molecule has 0 radical (unpaired) electrons. The van der Waals surface area contributed by atoms with E-state index in [1.54, 1.807) is 0 Å². The minimum absolute atomic E-state index is 0.130. The Balaban J connectivity index is 3.50. The van der Waals surface area contributed by atoms with E-state index in [0.717, 1.165) is 12.1 Å². The molecule has 0 unspecified atom stereocenters. The predicted octanol–water partition coefficient (Wildman–Crippen LogP) is -1.68. The molecule has 0 atom stereocenters. The molecule has 0 aromatic rings. The van der Waals surface area contributed by atoms with Gasteiger partial charge in [-0.15, -0.1) is 0 Å². The van der Waals surface area contributed by atoms with E-state index in [4.69, 9.17) is 0 Å².